The Morgan fingerprint density at radius 2 is 1.52 bits per heavy atom. The van der Waals surface area contributed by atoms with Crippen molar-refractivity contribution in [1.82, 2.24) is 4.90 Å². The van der Waals surface area contributed by atoms with Gasteiger partial charge in [-0.25, -0.2) is 0 Å². The number of carbonyl (C=O) groups is 1. The summed E-state index contributed by atoms with van der Waals surface area (Å²) in [6.45, 7) is 8.40. The van der Waals surface area contributed by atoms with Crippen molar-refractivity contribution >= 4 is 5.91 Å². The molecule has 1 aliphatic heterocycles. The molecule has 0 atom stereocenters. The first kappa shape index (κ1) is 18.3. The van der Waals surface area contributed by atoms with Crippen molar-refractivity contribution in [1.29, 1.82) is 0 Å². The molecule has 1 heterocycles. The lowest BCUT2D eigenvalue weighted by atomic mass is 9.66. The number of rotatable bonds is 1. The van der Waals surface area contributed by atoms with Crippen LogP contribution >= 0.6 is 0 Å². The van der Waals surface area contributed by atoms with E-state index >= 15 is 0 Å². The summed E-state index contributed by atoms with van der Waals surface area (Å²) in [5, 5.41) is 0. The van der Waals surface area contributed by atoms with Gasteiger partial charge in [0.25, 0.3) is 5.91 Å². The second kappa shape index (κ2) is 6.82. The Bertz CT molecular complexity index is 820. The molecule has 0 N–H and O–H groups in total. The van der Waals surface area contributed by atoms with Gasteiger partial charge in [0.15, 0.2) is 0 Å². The Morgan fingerprint density at radius 1 is 0.889 bits per heavy atom. The molecule has 0 saturated carbocycles. The molecule has 2 aromatic carbocycles. The molecule has 27 heavy (non-hydrogen) atoms. The second-order valence-corrected chi connectivity index (χ2v) is 9.57. The summed E-state index contributed by atoms with van der Waals surface area (Å²) in [6, 6.07) is 17.1. The first-order valence-corrected chi connectivity index (χ1v) is 10.3. The van der Waals surface area contributed by atoms with Crippen LogP contribution in [0.25, 0.3) is 0 Å². The van der Waals surface area contributed by atoms with Gasteiger partial charge in [0.2, 0.25) is 0 Å². The van der Waals surface area contributed by atoms with Gasteiger partial charge in [0.1, 0.15) is 0 Å². The van der Waals surface area contributed by atoms with E-state index in [1.165, 1.54) is 36.0 Å². The number of amides is 1. The van der Waals surface area contributed by atoms with E-state index < -0.39 is 0 Å². The first-order valence-electron chi connectivity index (χ1n) is 10.3. The van der Waals surface area contributed by atoms with Gasteiger partial charge in [-0.1, -0.05) is 57.2 Å². The smallest absolute Gasteiger partial charge is 0.253 e. The maximum absolute atomic E-state index is 13.0. The SMILES string of the molecule is CC(C)(C)c1ccc(C(=O)N2CCC3(CCc4ccccc4C3)CC2)cc1. The molecule has 4 rings (SSSR count). The van der Waals surface area contributed by atoms with Crippen molar-refractivity contribution < 1.29 is 4.79 Å². The van der Waals surface area contributed by atoms with Gasteiger partial charge in [-0.05, 0) is 71.8 Å². The topological polar surface area (TPSA) is 20.3 Å². The third-order valence-electron chi connectivity index (χ3n) is 6.72. The Kier molecular flexibility index (Phi) is 4.61. The molecule has 2 heteroatoms. The fourth-order valence-corrected chi connectivity index (χ4v) is 4.77. The molecule has 0 aromatic heterocycles. The lowest BCUT2D eigenvalue weighted by Crippen LogP contribution is -2.45. The van der Waals surface area contributed by atoms with Crippen LogP contribution in [0.3, 0.4) is 0 Å². The number of fused-ring (bicyclic) bond motifs is 1. The summed E-state index contributed by atoms with van der Waals surface area (Å²) in [5.41, 5.74) is 5.68. The van der Waals surface area contributed by atoms with Gasteiger partial charge in [-0.2, -0.15) is 0 Å². The van der Waals surface area contributed by atoms with Crippen LogP contribution < -0.4 is 0 Å². The number of benzene rings is 2. The van der Waals surface area contributed by atoms with Crippen LogP contribution in [0.5, 0.6) is 0 Å². The van der Waals surface area contributed by atoms with Crippen LogP contribution in [0.4, 0.5) is 0 Å². The minimum absolute atomic E-state index is 0.121. The van der Waals surface area contributed by atoms with Gasteiger partial charge < -0.3 is 4.90 Å². The molecular weight excluding hydrogens is 330 g/mol. The van der Waals surface area contributed by atoms with Gasteiger partial charge in [-0.3, -0.25) is 4.79 Å². The number of carbonyl (C=O) groups excluding carboxylic acids is 1. The predicted octanol–water partition coefficient (Wildman–Crippen LogP) is 5.40. The Labute approximate surface area is 163 Å². The van der Waals surface area contributed by atoms with E-state index in [0.29, 0.717) is 5.41 Å². The summed E-state index contributed by atoms with van der Waals surface area (Å²) >= 11 is 0. The zero-order valence-corrected chi connectivity index (χ0v) is 16.9. The monoisotopic (exact) mass is 361 g/mol. The third-order valence-corrected chi connectivity index (χ3v) is 6.72. The van der Waals surface area contributed by atoms with E-state index in [4.69, 9.17) is 0 Å². The molecular formula is C25H31NO. The van der Waals surface area contributed by atoms with Crippen molar-refractivity contribution in [3.8, 4) is 0 Å². The summed E-state index contributed by atoms with van der Waals surface area (Å²) in [7, 11) is 0. The number of hydrogen-bond donors (Lipinski definition) is 0. The number of likely N-dealkylation sites (tertiary alicyclic amines) is 1. The normalized spacial score (nSPS) is 19.0. The van der Waals surface area contributed by atoms with Crippen LogP contribution in [0, 0.1) is 5.41 Å². The first-order chi connectivity index (χ1) is 12.9. The maximum Gasteiger partial charge on any atom is 0.253 e. The van der Waals surface area contributed by atoms with Crippen LogP contribution in [0.1, 0.15) is 67.1 Å². The maximum atomic E-state index is 13.0. The molecule has 2 aromatic rings. The van der Waals surface area contributed by atoms with E-state index in [1.807, 2.05) is 12.1 Å². The summed E-state index contributed by atoms with van der Waals surface area (Å²) in [6.07, 6.45) is 5.91. The molecule has 1 spiro atoms. The zero-order chi connectivity index (χ0) is 19.1. The molecule has 0 bridgehead atoms. The van der Waals surface area contributed by atoms with E-state index in [9.17, 15) is 4.79 Å². The van der Waals surface area contributed by atoms with Crippen molar-refractivity contribution in [2.45, 2.75) is 58.3 Å². The number of aryl methyl sites for hydroxylation is 1. The molecule has 0 radical (unpaired) electrons. The standard InChI is InChI=1S/C25H31NO/c1-24(2,3)22-10-8-20(9-11-22)23(27)26-16-14-25(15-17-26)13-12-19-6-4-5-7-21(19)18-25/h4-11H,12-18H2,1-3H3. The highest BCUT2D eigenvalue weighted by atomic mass is 16.2. The van der Waals surface area contributed by atoms with Gasteiger partial charge >= 0.3 is 0 Å². The van der Waals surface area contributed by atoms with Gasteiger partial charge in [0, 0.05) is 18.7 Å². The molecule has 142 valence electrons. The van der Waals surface area contributed by atoms with Crippen LogP contribution in [-0.4, -0.2) is 23.9 Å². The van der Waals surface area contributed by atoms with Crippen molar-refractivity contribution in [3.63, 3.8) is 0 Å². The summed E-state index contributed by atoms with van der Waals surface area (Å²) in [4.78, 5) is 15.0. The average molecular weight is 362 g/mol. The van der Waals surface area contributed by atoms with Gasteiger partial charge in [0.05, 0.1) is 0 Å². The predicted molar refractivity (Wildman–Crippen MR) is 111 cm³/mol. The number of hydrogen-bond acceptors (Lipinski definition) is 1. The molecule has 1 aliphatic carbocycles. The number of nitrogens with zero attached hydrogens (tertiary/aromatic N) is 1. The van der Waals surface area contributed by atoms with Crippen LogP contribution in [0.2, 0.25) is 0 Å². The quantitative estimate of drug-likeness (QED) is 0.666. The van der Waals surface area contributed by atoms with E-state index in [0.717, 1.165) is 31.5 Å². The Morgan fingerprint density at radius 3 is 2.15 bits per heavy atom. The minimum Gasteiger partial charge on any atom is -0.339 e. The van der Waals surface area contributed by atoms with E-state index in [2.05, 4.69) is 62.1 Å². The minimum atomic E-state index is 0.121. The molecule has 1 fully saturated rings. The highest BCUT2D eigenvalue weighted by molar-refractivity contribution is 5.94. The van der Waals surface area contributed by atoms with E-state index in [-0.39, 0.29) is 11.3 Å². The molecule has 2 nitrogen and oxygen atoms in total. The number of piperidine rings is 1. The lowest BCUT2D eigenvalue weighted by molar-refractivity contribution is 0.0544. The molecule has 0 unspecified atom stereocenters. The molecule has 1 saturated heterocycles. The third kappa shape index (κ3) is 3.67. The van der Waals surface area contributed by atoms with Crippen LogP contribution in [0.15, 0.2) is 48.5 Å². The summed E-state index contributed by atoms with van der Waals surface area (Å²) < 4.78 is 0. The summed E-state index contributed by atoms with van der Waals surface area (Å²) in [5.74, 6) is 0.196. The average Bonchev–Trinajstić information content (AvgIpc) is 2.67. The van der Waals surface area contributed by atoms with Crippen molar-refractivity contribution in [2.24, 2.45) is 5.41 Å². The fourth-order valence-electron chi connectivity index (χ4n) is 4.77. The Balaban J connectivity index is 1.41. The highest BCUT2D eigenvalue weighted by Crippen LogP contribution is 2.43. The Hall–Kier alpha value is -2.09. The molecule has 2 aliphatic rings. The highest BCUT2D eigenvalue weighted by Gasteiger charge is 2.38. The van der Waals surface area contributed by atoms with Crippen molar-refractivity contribution in [3.05, 3.63) is 70.8 Å². The van der Waals surface area contributed by atoms with Gasteiger partial charge in [-0.15, -0.1) is 0 Å². The van der Waals surface area contributed by atoms with Crippen molar-refractivity contribution in [2.75, 3.05) is 13.1 Å². The van der Waals surface area contributed by atoms with Crippen LogP contribution in [-0.2, 0) is 18.3 Å². The zero-order valence-electron chi connectivity index (χ0n) is 16.9. The second-order valence-electron chi connectivity index (χ2n) is 9.57. The molecule has 1 amide bonds. The lowest BCUT2D eigenvalue weighted by Gasteiger charge is -2.44. The largest absolute Gasteiger partial charge is 0.339 e. The van der Waals surface area contributed by atoms with E-state index in [1.54, 1.807) is 0 Å². The fraction of sp³-hybridized carbons (Fsp3) is 0.480.